The van der Waals surface area contributed by atoms with Crippen LogP contribution < -0.4 is 15.2 Å². The summed E-state index contributed by atoms with van der Waals surface area (Å²) in [4.78, 5) is 26.2. The van der Waals surface area contributed by atoms with Crippen LogP contribution in [0.15, 0.2) is 42.5 Å². The molecule has 0 saturated heterocycles. The molecule has 0 spiro atoms. The van der Waals surface area contributed by atoms with Crippen LogP contribution in [0.5, 0.6) is 5.75 Å². The van der Waals surface area contributed by atoms with Gasteiger partial charge in [0, 0.05) is 48.1 Å². The molecule has 1 fully saturated rings. The second kappa shape index (κ2) is 12.8. The van der Waals surface area contributed by atoms with Gasteiger partial charge in [0.1, 0.15) is 12.4 Å². The van der Waals surface area contributed by atoms with E-state index in [1.807, 2.05) is 31.3 Å². The third-order valence-electron chi connectivity index (χ3n) is 8.50. The van der Waals surface area contributed by atoms with Gasteiger partial charge in [-0.2, -0.15) is 0 Å². The Morgan fingerprint density at radius 1 is 1.14 bits per heavy atom. The highest BCUT2D eigenvalue weighted by molar-refractivity contribution is 7.90. The summed E-state index contributed by atoms with van der Waals surface area (Å²) in [7, 11) is -1.95. The van der Waals surface area contributed by atoms with Crippen LogP contribution in [0.25, 0.3) is 22.2 Å². The van der Waals surface area contributed by atoms with Crippen molar-refractivity contribution in [2.75, 3.05) is 32.5 Å². The summed E-state index contributed by atoms with van der Waals surface area (Å²) in [5.41, 5.74) is 10.4. The van der Waals surface area contributed by atoms with Crippen LogP contribution in [-0.2, 0) is 21.4 Å². The maximum absolute atomic E-state index is 13.2. The smallest absolute Gasteiger partial charge is 0.303 e. The van der Waals surface area contributed by atoms with Crippen LogP contribution in [0.2, 0.25) is 0 Å². The third-order valence-corrected chi connectivity index (χ3v) is 9.83. The second-order valence-electron chi connectivity index (χ2n) is 11.4. The van der Waals surface area contributed by atoms with Gasteiger partial charge in [-0.05, 0) is 62.1 Å². The molecule has 10 nitrogen and oxygen atoms in total. The number of amides is 1. The molecule has 1 aliphatic carbocycles. The average molecular weight is 597 g/mol. The van der Waals surface area contributed by atoms with Gasteiger partial charge in [-0.1, -0.05) is 37.5 Å². The van der Waals surface area contributed by atoms with E-state index in [2.05, 4.69) is 20.3 Å². The number of carboxylic acids is 1. The molecule has 0 bridgehead atoms. The molecule has 1 aromatic heterocycles. The van der Waals surface area contributed by atoms with Crippen molar-refractivity contribution in [2.45, 2.75) is 63.5 Å². The number of aliphatic carboxylic acids is 1. The van der Waals surface area contributed by atoms with Crippen LogP contribution in [0.1, 0.15) is 66.8 Å². The van der Waals surface area contributed by atoms with E-state index < -0.39 is 27.7 Å². The van der Waals surface area contributed by atoms with Gasteiger partial charge in [0.2, 0.25) is 10.0 Å². The van der Waals surface area contributed by atoms with Gasteiger partial charge >= 0.3 is 5.97 Å². The number of sulfonamides is 1. The Bertz CT molecular complexity index is 1560. The number of nitrogens with one attached hydrogen (secondary N) is 1. The van der Waals surface area contributed by atoms with Crippen LogP contribution in [0.3, 0.4) is 0 Å². The van der Waals surface area contributed by atoms with E-state index in [1.165, 1.54) is 12.0 Å². The van der Waals surface area contributed by atoms with Crippen LogP contribution >= 0.6 is 0 Å². The zero-order valence-corrected chi connectivity index (χ0v) is 24.9. The highest BCUT2D eigenvalue weighted by atomic mass is 32.2. The quantitative estimate of drug-likeness (QED) is 0.319. The van der Waals surface area contributed by atoms with E-state index >= 15 is 0 Å². The minimum Gasteiger partial charge on any atom is -0.491 e. The number of para-hydroxylation sites is 1. The fourth-order valence-electron chi connectivity index (χ4n) is 6.36. The summed E-state index contributed by atoms with van der Waals surface area (Å²) in [6.07, 6.45) is 5.36. The Labute approximate surface area is 246 Å². The van der Waals surface area contributed by atoms with Crippen molar-refractivity contribution < 1.29 is 27.9 Å². The Hall–Kier alpha value is -3.41. The van der Waals surface area contributed by atoms with Crippen molar-refractivity contribution in [3.8, 4) is 17.0 Å². The van der Waals surface area contributed by atoms with Crippen LogP contribution in [0.4, 0.5) is 0 Å². The van der Waals surface area contributed by atoms with E-state index in [9.17, 15) is 18.0 Å². The maximum atomic E-state index is 13.2. The summed E-state index contributed by atoms with van der Waals surface area (Å²) in [5, 5.41) is 9.91. The summed E-state index contributed by atoms with van der Waals surface area (Å²) in [6, 6.07) is 13.5. The molecule has 5 rings (SSSR count). The highest BCUT2D eigenvalue weighted by Gasteiger charge is 2.31. The van der Waals surface area contributed by atoms with Crippen LogP contribution in [0, 0.1) is 0 Å². The van der Waals surface area contributed by atoms with Crippen LogP contribution in [-0.4, -0.2) is 73.4 Å². The van der Waals surface area contributed by atoms with E-state index in [0.29, 0.717) is 32.2 Å². The third kappa shape index (κ3) is 6.48. The first-order valence-electron chi connectivity index (χ1n) is 14.7. The van der Waals surface area contributed by atoms with Gasteiger partial charge in [-0.15, -0.1) is 0 Å². The van der Waals surface area contributed by atoms with Gasteiger partial charge in [0.15, 0.2) is 0 Å². The second-order valence-corrected chi connectivity index (χ2v) is 13.3. The average Bonchev–Trinajstić information content (AvgIpc) is 3.26. The molecule has 42 heavy (non-hydrogen) atoms. The minimum absolute atomic E-state index is 0.0163. The van der Waals surface area contributed by atoms with Crippen molar-refractivity contribution >= 4 is 32.8 Å². The standard InChI is InChI=1S/C31H40N4O6S/c1-34(16-15-32)23-19-35-26-18-22(31(38)33-42(39,40)17-7-12-28(36)37)13-14-24(26)29(21-8-3-2-4-9-21)30(35)25-10-5-6-11-27(25)41-20-23/h5-6,10-11,13-14,18,21,23H,2-4,7-9,12,15-17,19-20,32H2,1H3,(H,33,38)(H,36,37)/t23-/m1/s1. The number of hydrogen-bond donors (Lipinski definition) is 3. The molecule has 1 atom stereocenters. The summed E-state index contributed by atoms with van der Waals surface area (Å²) in [6.45, 7) is 2.30. The number of fused-ring (bicyclic) bond motifs is 5. The topological polar surface area (TPSA) is 144 Å². The lowest BCUT2D eigenvalue weighted by Crippen LogP contribution is -2.43. The Morgan fingerprint density at radius 3 is 2.64 bits per heavy atom. The number of hydrogen-bond acceptors (Lipinski definition) is 7. The molecule has 0 radical (unpaired) electrons. The summed E-state index contributed by atoms with van der Waals surface area (Å²) >= 11 is 0. The molecular weight excluding hydrogens is 556 g/mol. The van der Waals surface area contributed by atoms with Crippen molar-refractivity contribution in [1.29, 1.82) is 0 Å². The molecule has 2 aliphatic rings. The zero-order chi connectivity index (χ0) is 29.9. The van der Waals surface area contributed by atoms with Crippen molar-refractivity contribution in [1.82, 2.24) is 14.2 Å². The Morgan fingerprint density at radius 2 is 1.90 bits per heavy atom. The van der Waals surface area contributed by atoms with Crippen molar-refractivity contribution in [3.63, 3.8) is 0 Å². The number of nitrogens with two attached hydrogens (primary N) is 1. The van der Waals surface area contributed by atoms with Crippen molar-refractivity contribution in [2.24, 2.45) is 5.73 Å². The van der Waals surface area contributed by atoms with E-state index in [-0.39, 0.29) is 24.4 Å². The van der Waals surface area contributed by atoms with E-state index in [0.717, 1.165) is 53.6 Å². The molecule has 4 N–H and O–H groups in total. The van der Waals surface area contributed by atoms with Gasteiger partial charge in [-0.3, -0.25) is 14.5 Å². The summed E-state index contributed by atoms with van der Waals surface area (Å²) in [5.74, 6) is -1.07. The molecule has 2 aromatic carbocycles. The molecule has 1 saturated carbocycles. The predicted octanol–water partition coefficient (Wildman–Crippen LogP) is 3.93. The molecule has 3 aromatic rings. The van der Waals surface area contributed by atoms with Crippen molar-refractivity contribution in [3.05, 3.63) is 53.6 Å². The van der Waals surface area contributed by atoms with Gasteiger partial charge in [0.25, 0.3) is 5.91 Å². The highest BCUT2D eigenvalue weighted by Crippen LogP contribution is 2.47. The first-order valence-corrected chi connectivity index (χ1v) is 16.4. The molecule has 226 valence electrons. The molecular formula is C31H40N4O6S. The lowest BCUT2D eigenvalue weighted by Gasteiger charge is -2.32. The predicted molar refractivity (Wildman–Crippen MR) is 162 cm³/mol. The fourth-order valence-corrected chi connectivity index (χ4v) is 7.38. The number of ether oxygens (including phenoxy) is 1. The number of aromatic nitrogens is 1. The largest absolute Gasteiger partial charge is 0.491 e. The molecule has 1 aliphatic heterocycles. The fraction of sp³-hybridized carbons (Fsp3) is 0.484. The monoisotopic (exact) mass is 596 g/mol. The zero-order valence-electron chi connectivity index (χ0n) is 24.0. The normalized spacial score (nSPS) is 17.6. The Kier molecular flexibility index (Phi) is 9.19. The first-order chi connectivity index (χ1) is 20.2. The number of carbonyl (C=O) groups excluding carboxylic acids is 1. The number of likely N-dealkylation sites (N-methyl/N-ethyl adjacent to an activating group) is 1. The molecule has 0 unspecified atom stereocenters. The van der Waals surface area contributed by atoms with E-state index in [1.54, 1.807) is 12.1 Å². The maximum Gasteiger partial charge on any atom is 0.303 e. The number of carbonyl (C=O) groups is 2. The molecule has 1 amide bonds. The number of carboxylic acid groups (broad SMARTS) is 1. The SMILES string of the molecule is CN(CCN)[C@H]1COc2ccccc2-c2c(C3CCCCC3)c3ccc(C(=O)NS(=O)(=O)CCCC(=O)O)cc3n2C1. The van der Waals surface area contributed by atoms with E-state index in [4.69, 9.17) is 15.6 Å². The minimum atomic E-state index is -3.99. The lowest BCUT2D eigenvalue weighted by atomic mass is 9.81. The molecule has 11 heteroatoms. The van der Waals surface area contributed by atoms with Gasteiger partial charge < -0.3 is 20.1 Å². The van der Waals surface area contributed by atoms with Gasteiger partial charge in [0.05, 0.1) is 17.5 Å². The lowest BCUT2D eigenvalue weighted by molar-refractivity contribution is -0.137. The number of rotatable bonds is 10. The number of benzene rings is 2. The Balaban J connectivity index is 1.63. The number of nitrogens with zero attached hydrogens (tertiary/aromatic N) is 2. The summed E-state index contributed by atoms with van der Waals surface area (Å²) < 4.78 is 35.9. The first kappa shape index (κ1) is 30.1. The molecule has 2 heterocycles. The van der Waals surface area contributed by atoms with Gasteiger partial charge in [-0.25, -0.2) is 13.1 Å².